The third kappa shape index (κ3) is 3.01. The van der Waals surface area contributed by atoms with Crippen LogP contribution in [0.15, 0.2) is 42.5 Å². The molecule has 0 aliphatic heterocycles. The van der Waals surface area contributed by atoms with Crippen LogP contribution >= 0.6 is 12.2 Å². The fourth-order valence-electron chi connectivity index (χ4n) is 1.50. The lowest BCUT2D eigenvalue weighted by molar-refractivity contribution is 0.613. The van der Waals surface area contributed by atoms with Gasteiger partial charge < -0.3 is 11.1 Å². The van der Waals surface area contributed by atoms with E-state index in [9.17, 15) is 4.39 Å². The van der Waals surface area contributed by atoms with Gasteiger partial charge in [-0.3, -0.25) is 0 Å². The van der Waals surface area contributed by atoms with Crippen LogP contribution in [0.1, 0.15) is 11.3 Å². The molecule has 2 rings (SSSR count). The van der Waals surface area contributed by atoms with Gasteiger partial charge in [0.2, 0.25) is 0 Å². The number of hydrogen-bond donors (Lipinski definition) is 2. The predicted molar refractivity (Wildman–Crippen MR) is 73.9 cm³/mol. The number of pyridine rings is 1. The Morgan fingerprint density at radius 3 is 2.72 bits per heavy atom. The average Bonchev–Trinajstić information content (AvgIpc) is 2.38. The smallest absolute Gasteiger partial charge is 0.128 e. The van der Waals surface area contributed by atoms with Gasteiger partial charge in [-0.2, -0.15) is 0 Å². The maximum absolute atomic E-state index is 13.4. The van der Waals surface area contributed by atoms with Gasteiger partial charge in [-0.05, 0) is 18.2 Å². The van der Waals surface area contributed by atoms with Crippen molar-refractivity contribution in [2.24, 2.45) is 5.73 Å². The van der Waals surface area contributed by atoms with E-state index in [2.05, 4.69) is 10.3 Å². The van der Waals surface area contributed by atoms with E-state index in [-0.39, 0.29) is 10.8 Å². The molecule has 18 heavy (non-hydrogen) atoms. The second-order valence-corrected chi connectivity index (χ2v) is 4.16. The molecule has 0 saturated carbocycles. The van der Waals surface area contributed by atoms with Gasteiger partial charge in [-0.15, -0.1) is 0 Å². The fourth-order valence-corrected chi connectivity index (χ4v) is 1.61. The van der Waals surface area contributed by atoms with Crippen molar-refractivity contribution in [3.05, 3.63) is 59.5 Å². The summed E-state index contributed by atoms with van der Waals surface area (Å²) in [6.45, 7) is 0.362. The number of halogens is 1. The maximum atomic E-state index is 13.4. The van der Waals surface area contributed by atoms with Crippen molar-refractivity contribution >= 4 is 23.0 Å². The summed E-state index contributed by atoms with van der Waals surface area (Å²) in [4.78, 5) is 4.46. The van der Waals surface area contributed by atoms with E-state index in [0.717, 1.165) is 0 Å². The lowest BCUT2D eigenvalue weighted by Gasteiger charge is -2.07. The van der Waals surface area contributed by atoms with Gasteiger partial charge in [0, 0.05) is 12.1 Å². The van der Waals surface area contributed by atoms with Crippen LogP contribution in [0.2, 0.25) is 0 Å². The van der Waals surface area contributed by atoms with Crippen molar-refractivity contribution in [1.29, 1.82) is 0 Å². The minimum Gasteiger partial charge on any atom is -0.388 e. The molecule has 0 aliphatic rings. The summed E-state index contributed by atoms with van der Waals surface area (Å²) < 4.78 is 13.4. The molecule has 0 saturated heterocycles. The number of nitrogens with two attached hydrogens (primary N) is 1. The third-order valence-electron chi connectivity index (χ3n) is 2.42. The summed E-state index contributed by atoms with van der Waals surface area (Å²) in [6.07, 6.45) is 0. The van der Waals surface area contributed by atoms with Crippen LogP contribution in [0, 0.1) is 5.82 Å². The summed E-state index contributed by atoms with van der Waals surface area (Å²) in [5.41, 5.74) is 6.62. The molecule has 1 aromatic carbocycles. The lowest BCUT2D eigenvalue weighted by atomic mass is 10.2. The first-order chi connectivity index (χ1) is 8.66. The van der Waals surface area contributed by atoms with Gasteiger partial charge >= 0.3 is 0 Å². The summed E-state index contributed by atoms with van der Waals surface area (Å²) in [5, 5.41) is 3.03. The fraction of sp³-hybridized carbons (Fsp3) is 0.0769. The predicted octanol–water partition coefficient (Wildman–Crippen LogP) is 2.47. The van der Waals surface area contributed by atoms with Crippen molar-refractivity contribution < 1.29 is 4.39 Å². The van der Waals surface area contributed by atoms with Crippen molar-refractivity contribution in [3.8, 4) is 0 Å². The van der Waals surface area contributed by atoms with E-state index in [1.165, 1.54) is 6.07 Å². The largest absolute Gasteiger partial charge is 0.388 e. The molecule has 0 atom stereocenters. The summed E-state index contributed by atoms with van der Waals surface area (Å²) in [7, 11) is 0. The van der Waals surface area contributed by atoms with E-state index in [1.54, 1.807) is 36.4 Å². The van der Waals surface area contributed by atoms with Crippen LogP contribution in [0.3, 0.4) is 0 Å². The zero-order valence-corrected chi connectivity index (χ0v) is 10.4. The highest BCUT2D eigenvalue weighted by Crippen LogP contribution is 2.10. The Morgan fingerprint density at radius 1 is 1.22 bits per heavy atom. The number of rotatable bonds is 4. The Kier molecular flexibility index (Phi) is 3.84. The summed E-state index contributed by atoms with van der Waals surface area (Å²) >= 11 is 4.85. The molecule has 2 aromatic rings. The summed E-state index contributed by atoms with van der Waals surface area (Å²) in [5.74, 6) is 0.374. The molecule has 0 amide bonds. The maximum Gasteiger partial charge on any atom is 0.128 e. The number of aromatic nitrogens is 1. The van der Waals surface area contributed by atoms with Gasteiger partial charge in [0.1, 0.15) is 16.6 Å². The van der Waals surface area contributed by atoms with E-state index < -0.39 is 0 Å². The highest BCUT2D eigenvalue weighted by atomic mass is 32.1. The molecule has 1 heterocycles. The van der Waals surface area contributed by atoms with Crippen LogP contribution in [0.4, 0.5) is 10.2 Å². The highest BCUT2D eigenvalue weighted by molar-refractivity contribution is 7.80. The number of nitrogens with zero attached hydrogens (tertiary/aromatic N) is 1. The molecule has 0 radical (unpaired) electrons. The molecular formula is C13H12FN3S. The molecule has 3 N–H and O–H groups in total. The molecule has 0 unspecified atom stereocenters. The molecular weight excluding hydrogens is 249 g/mol. The van der Waals surface area contributed by atoms with Crippen molar-refractivity contribution in [2.75, 3.05) is 5.32 Å². The minimum atomic E-state index is -0.240. The minimum absolute atomic E-state index is 0.240. The topological polar surface area (TPSA) is 50.9 Å². The number of benzene rings is 1. The molecule has 0 bridgehead atoms. The molecule has 0 spiro atoms. The quantitative estimate of drug-likeness (QED) is 0.830. The third-order valence-corrected chi connectivity index (χ3v) is 2.63. The standard InChI is InChI=1S/C13H12FN3S/c14-10-5-2-1-4-9(10)8-16-12-7-3-6-11(17-12)13(15)18/h1-7H,8H2,(H2,15,18)(H,16,17). The number of thiocarbonyl (C=S) groups is 1. The van der Waals surface area contributed by atoms with Crippen LogP contribution in [0.5, 0.6) is 0 Å². The monoisotopic (exact) mass is 261 g/mol. The molecule has 3 nitrogen and oxygen atoms in total. The Bertz CT molecular complexity index is 572. The van der Waals surface area contributed by atoms with Gasteiger partial charge in [0.15, 0.2) is 0 Å². The van der Waals surface area contributed by atoms with E-state index in [1.807, 2.05) is 0 Å². The number of nitrogens with one attached hydrogen (secondary N) is 1. The van der Waals surface area contributed by atoms with E-state index in [0.29, 0.717) is 23.6 Å². The zero-order valence-electron chi connectivity index (χ0n) is 9.56. The van der Waals surface area contributed by atoms with Crippen LogP contribution < -0.4 is 11.1 Å². The molecule has 5 heteroatoms. The van der Waals surface area contributed by atoms with Crippen molar-refractivity contribution in [1.82, 2.24) is 4.98 Å². The second-order valence-electron chi connectivity index (χ2n) is 3.72. The van der Waals surface area contributed by atoms with Crippen molar-refractivity contribution in [3.63, 3.8) is 0 Å². The second kappa shape index (κ2) is 5.55. The first-order valence-corrected chi connectivity index (χ1v) is 5.82. The van der Waals surface area contributed by atoms with Gasteiger partial charge in [0.05, 0.1) is 5.69 Å². The van der Waals surface area contributed by atoms with E-state index >= 15 is 0 Å². The first-order valence-electron chi connectivity index (χ1n) is 5.41. The Balaban J connectivity index is 2.09. The Morgan fingerprint density at radius 2 is 2.00 bits per heavy atom. The van der Waals surface area contributed by atoms with Crippen LogP contribution in [-0.4, -0.2) is 9.97 Å². The Labute approximate surface area is 110 Å². The number of hydrogen-bond acceptors (Lipinski definition) is 3. The molecule has 1 aromatic heterocycles. The summed E-state index contributed by atoms with van der Waals surface area (Å²) in [6, 6.07) is 11.9. The normalized spacial score (nSPS) is 10.1. The molecule has 92 valence electrons. The van der Waals surface area contributed by atoms with E-state index in [4.69, 9.17) is 18.0 Å². The lowest BCUT2D eigenvalue weighted by Crippen LogP contribution is -2.12. The number of anilines is 1. The van der Waals surface area contributed by atoms with Crippen LogP contribution in [-0.2, 0) is 6.54 Å². The molecule has 0 aliphatic carbocycles. The average molecular weight is 261 g/mol. The van der Waals surface area contributed by atoms with Gasteiger partial charge in [-0.1, -0.05) is 36.5 Å². The Hall–Kier alpha value is -2.01. The zero-order chi connectivity index (χ0) is 13.0. The SMILES string of the molecule is NC(=S)c1cccc(NCc2ccccc2F)n1. The first kappa shape index (κ1) is 12.4. The van der Waals surface area contributed by atoms with Gasteiger partial charge in [0.25, 0.3) is 0 Å². The molecule has 0 fully saturated rings. The van der Waals surface area contributed by atoms with Crippen LogP contribution in [0.25, 0.3) is 0 Å². The van der Waals surface area contributed by atoms with Gasteiger partial charge in [-0.25, -0.2) is 9.37 Å². The van der Waals surface area contributed by atoms with Crippen molar-refractivity contribution in [2.45, 2.75) is 6.54 Å². The highest BCUT2D eigenvalue weighted by Gasteiger charge is 2.02.